The van der Waals surface area contributed by atoms with E-state index in [1.54, 1.807) is 0 Å². The third-order valence-electron chi connectivity index (χ3n) is 3.09. The van der Waals surface area contributed by atoms with Crippen LogP contribution in [0.3, 0.4) is 0 Å². The van der Waals surface area contributed by atoms with Gasteiger partial charge in [0.2, 0.25) is 0 Å². The first kappa shape index (κ1) is 13.1. The van der Waals surface area contributed by atoms with Gasteiger partial charge >= 0.3 is 0 Å². The monoisotopic (exact) mass is 347 g/mol. The number of alkyl halides is 1. The molecule has 0 aliphatic carbocycles. The van der Waals surface area contributed by atoms with Gasteiger partial charge in [-0.15, -0.1) is 0 Å². The van der Waals surface area contributed by atoms with Crippen LogP contribution in [0.1, 0.15) is 23.0 Å². The second-order valence-electron chi connectivity index (χ2n) is 4.19. The predicted octanol–water partition coefficient (Wildman–Crippen LogP) is 4.51. The van der Waals surface area contributed by atoms with Crippen LogP contribution in [0.25, 0.3) is 0 Å². The van der Waals surface area contributed by atoms with Crippen molar-refractivity contribution in [1.82, 2.24) is 0 Å². The largest absolute Gasteiger partial charge is 0.198 e. The van der Waals surface area contributed by atoms with E-state index in [1.165, 1.54) is 5.56 Å². The highest BCUT2D eigenvalue weighted by Crippen LogP contribution is 2.33. The normalized spacial score (nSPS) is 13.6. The topological polar surface area (TPSA) is 23.8 Å². The standard InChI is InChI=1S/C16H14IN/c17-11-15(13-7-3-1-4-8-13)16(12-18)14-9-5-2-6-10-14/h1-10,15-16H,11H2. The fourth-order valence-corrected chi connectivity index (χ4v) is 3.15. The summed E-state index contributed by atoms with van der Waals surface area (Å²) in [5.41, 5.74) is 2.34. The maximum Gasteiger partial charge on any atom is 0.0788 e. The SMILES string of the molecule is N#CC(c1ccccc1)C(CI)c1ccccc1. The Bertz CT molecular complexity index is 516. The van der Waals surface area contributed by atoms with Crippen LogP contribution in [-0.4, -0.2) is 4.43 Å². The lowest BCUT2D eigenvalue weighted by molar-refractivity contribution is 0.705. The van der Waals surface area contributed by atoms with Crippen LogP contribution in [0.5, 0.6) is 0 Å². The molecule has 2 unspecified atom stereocenters. The Labute approximate surface area is 122 Å². The van der Waals surface area contributed by atoms with E-state index in [9.17, 15) is 5.26 Å². The highest BCUT2D eigenvalue weighted by Gasteiger charge is 2.23. The highest BCUT2D eigenvalue weighted by atomic mass is 127. The minimum absolute atomic E-state index is 0.0782. The zero-order valence-electron chi connectivity index (χ0n) is 9.96. The zero-order valence-corrected chi connectivity index (χ0v) is 12.1. The van der Waals surface area contributed by atoms with Crippen LogP contribution in [0, 0.1) is 11.3 Å². The lowest BCUT2D eigenvalue weighted by atomic mass is 9.84. The number of nitriles is 1. The Balaban J connectivity index is 2.35. The van der Waals surface area contributed by atoms with E-state index >= 15 is 0 Å². The molecule has 0 amide bonds. The van der Waals surface area contributed by atoms with Crippen LogP contribution < -0.4 is 0 Å². The lowest BCUT2D eigenvalue weighted by Crippen LogP contribution is -2.11. The molecule has 0 aliphatic rings. The molecule has 2 aromatic rings. The molecule has 1 nitrogen and oxygen atoms in total. The Morgan fingerprint density at radius 1 is 0.889 bits per heavy atom. The third kappa shape index (κ3) is 2.91. The minimum Gasteiger partial charge on any atom is -0.198 e. The quantitative estimate of drug-likeness (QED) is 0.590. The average Bonchev–Trinajstić information content (AvgIpc) is 2.46. The molecule has 2 heteroatoms. The number of hydrogen-bond acceptors (Lipinski definition) is 1. The molecule has 90 valence electrons. The van der Waals surface area contributed by atoms with Gasteiger partial charge in [-0.2, -0.15) is 5.26 Å². The molecular weight excluding hydrogens is 333 g/mol. The van der Waals surface area contributed by atoms with Crippen molar-refractivity contribution in [2.24, 2.45) is 0 Å². The molecule has 18 heavy (non-hydrogen) atoms. The number of halogens is 1. The van der Waals surface area contributed by atoms with Gasteiger partial charge in [0, 0.05) is 10.3 Å². The smallest absolute Gasteiger partial charge is 0.0788 e. The van der Waals surface area contributed by atoms with Gasteiger partial charge in [-0.1, -0.05) is 83.3 Å². The maximum absolute atomic E-state index is 9.49. The van der Waals surface area contributed by atoms with Crippen molar-refractivity contribution in [3.8, 4) is 6.07 Å². The van der Waals surface area contributed by atoms with Crippen LogP contribution in [-0.2, 0) is 0 Å². The molecule has 0 fully saturated rings. The first-order valence-electron chi connectivity index (χ1n) is 5.92. The van der Waals surface area contributed by atoms with E-state index < -0.39 is 0 Å². The number of hydrogen-bond donors (Lipinski definition) is 0. The lowest BCUT2D eigenvalue weighted by Gasteiger charge is -2.20. The third-order valence-corrected chi connectivity index (χ3v) is 4.04. The summed E-state index contributed by atoms with van der Waals surface area (Å²) in [7, 11) is 0. The van der Waals surface area contributed by atoms with E-state index in [4.69, 9.17) is 0 Å². The van der Waals surface area contributed by atoms with Crippen LogP contribution in [0.15, 0.2) is 60.7 Å². The van der Waals surface area contributed by atoms with Gasteiger partial charge < -0.3 is 0 Å². The van der Waals surface area contributed by atoms with Crippen LogP contribution in [0.4, 0.5) is 0 Å². The molecule has 0 aliphatic heterocycles. The summed E-state index contributed by atoms with van der Waals surface area (Å²) in [6.07, 6.45) is 0. The first-order valence-corrected chi connectivity index (χ1v) is 7.45. The summed E-state index contributed by atoms with van der Waals surface area (Å²) < 4.78 is 0.939. The summed E-state index contributed by atoms with van der Waals surface area (Å²) in [5, 5.41) is 9.49. The first-order chi connectivity index (χ1) is 8.86. The van der Waals surface area contributed by atoms with Gasteiger partial charge in [0.25, 0.3) is 0 Å². The van der Waals surface area contributed by atoms with Crippen molar-refractivity contribution < 1.29 is 0 Å². The summed E-state index contributed by atoms with van der Waals surface area (Å²) in [6.45, 7) is 0. The van der Waals surface area contributed by atoms with Gasteiger partial charge in [0.1, 0.15) is 0 Å². The van der Waals surface area contributed by atoms with Crippen molar-refractivity contribution >= 4 is 22.6 Å². The van der Waals surface area contributed by atoms with E-state index in [0.717, 1.165) is 9.99 Å². The predicted molar refractivity (Wildman–Crippen MR) is 82.9 cm³/mol. The van der Waals surface area contributed by atoms with E-state index in [-0.39, 0.29) is 11.8 Å². The number of benzene rings is 2. The van der Waals surface area contributed by atoms with Crippen molar-refractivity contribution in [3.63, 3.8) is 0 Å². The fraction of sp³-hybridized carbons (Fsp3) is 0.188. The Kier molecular flexibility index (Phi) is 4.77. The van der Waals surface area contributed by atoms with E-state index in [0.29, 0.717) is 0 Å². The number of rotatable bonds is 4. The van der Waals surface area contributed by atoms with Gasteiger partial charge in [-0.3, -0.25) is 0 Å². The molecule has 2 aromatic carbocycles. The Morgan fingerprint density at radius 3 is 1.83 bits per heavy atom. The molecule has 0 bridgehead atoms. The van der Waals surface area contributed by atoms with Gasteiger partial charge in [-0.25, -0.2) is 0 Å². The molecule has 2 atom stereocenters. The highest BCUT2D eigenvalue weighted by molar-refractivity contribution is 14.1. The molecule has 0 aromatic heterocycles. The molecular formula is C16H14IN. The molecule has 0 saturated heterocycles. The van der Waals surface area contributed by atoms with E-state index in [2.05, 4.69) is 40.8 Å². The number of nitrogens with zero attached hydrogens (tertiary/aromatic N) is 1. The molecule has 0 spiro atoms. The maximum atomic E-state index is 9.49. The van der Waals surface area contributed by atoms with Crippen LogP contribution >= 0.6 is 22.6 Å². The Morgan fingerprint density at radius 2 is 1.39 bits per heavy atom. The van der Waals surface area contributed by atoms with Crippen molar-refractivity contribution in [2.45, 2.75) is 11.8 Å². The minimum atomic E-state index is -0.0782. The zero-order chi connectivity index (χ0) is 12.8. The van der Waals surface area contributed by atoms with Crippen molar-refractivity contribution in [2.75, 3.05) is 4.43 Å². The van der Waals surface area contributed by atoms with Gasteiger partial charge in [0.05, 0.1) is 12.0 Å². The second-order valence-corrected chi connectivity index (χ2v) is 5.07. The van der Waals surface area contributed by atoms with Gasteiger partial charge in [-0.05, 0) is 11.1 Å². The second kappa shape index (κ2) is 6.55. The summed E-state index contributed by atoms with van der Waals surface area (Å²) in [5.74, 6) is 0.171. The van der Waals surface area contributed by atoms with E-state index in [1.807, 2.05) is 48.5 Å². The van der Waals surface area contributed by atoms with Crippen molar-refractivity contribution in [1.29, 1.82) is 5.26 Å². The Hall–Kier alpha value is -1.34. The molecule has 0 heterocycles. The summed E-state index contributed by atoms with van der Waals surface area (Å²) in [4.78, 5) is 0. The summed E-state index contributed by atoms with van der Waals surface area (Å²) in [6, 6.07) is 22.8. The molecule has 0 saturated carbocycles. The van der Waals surface area contributed by atoms with Crippen LogP contribution in [0.2, 0.25) is 0 Å². The van der Waals surface area contributed by atoms with Gasteiger partial charge in [0.15, 0.2) is 0 Å². The molecule has 2 rings (SSSR count). The molecule has 0 radical (unpaired) electrons. The summed E-state index contributed by atoms with van der Waals surface area (Å²) >= 11 is 2.37. The fourth-order valence-electron chi connectivity index (χ4n) is 2.13. The average molecular weight is 347 g/mol. The molecule has 0 N–H and O–H groups in total. The van der Waals surface area contributed by atoms with Crippen molar-refractivity contribution in [3.05, 3.63) is 71.8 Å².